The average molecular weight is 443 g/mol. The third-order valence-electron chi connectivity index (χ3n) is 6.23. The second-order valence-electron chi connectivity index (χ2n) is 8.36. The molecule has 158 valence electrons. The maximum Gasteiger partial charge on any atom is 0.141 e. The molecule has 0 saturated carbocycles. The molecule has 30 heavy (non-hydrogen) atoms. The van der Waals surface area contributed by atoms with E-state index in [9.17, 15) is 0 Å². The summed E-state index contributed by atoms with van der Waals surface area (Å²) < 4.78 is 5.86. The smallest absolute Gasteiger partial charge is 0.141 e. The summed E-state index contributed by atoms with van der Waals surface area (Å²) in [6, 6.07) is 7.57. The Balaban J connectivity index is 1.21. The number of benzene rings is 1. The lowest BCUT2D eigenvalue weighted by molar-refractivity contribution is 0.200. The van der Waals surface area contributed by atoms with Crippen molar-refractivity contribution in [1.82, 2.24) is 14.9 Å². The lowest BCUT2D eigenvalue weighted by Crippen LogP contribution is -2.47. The zero-order chi connectivity index (χ0) is 20.5. The monoisotopic (exact) mass is 442 g/mol. The molecule has 1 fully saturated rings. The summed E-state index contributed by atoms with van der Waals surface area (Å²) in [5.74, 6) is 2.79. The molecule has 2 aromatic heterocycles. The van der Waals surface area contributed by atoms with Gasteiger partial charge in [-0.25, -0.2) is 9.97 Å². The largest absolute Gasteiger partial charge is 0.492 e. The van der Waals surface area contributed by atoms with Gasteiger partial charge >= 0.3 is 0 Å². The van der Waals surface area contributed by atoms with E-state index in [-0.39, 0.29) is 0 Å². The average Bonchev–Trinajstić information content (AvgIpc) is 3.13. The Bertz CT molecular complexity index is 1010. The van der Waals surface area contributed by atoms with E-state index in [1.165, 1.54) is 35.1 Å². The molecule has 7 heteroatoms. The number of piperazine rings is 1. The van der Waals surface area contributed by atoms with Gasteiger partial charge < -0.3 is 9.64 Å². The van der Waals surface area contributed by atoms with Crippen LogP contribution in [0.3, 0.4) is 0 Å². The van der Waals surface area contributed by atoms with Crippen molar-refractivity contribution in [2.45, 2.75) is 26.2 Å². The van der Waals surface area contributed by atoms with Gasteiger partial charge in [-0.05, 0) is 55.0 Å². The Kier molecular flexibility index (Phi) is 5.81. The molecule has 1 aliphatic carbocycles. The van der Waals surface area contributed by atoms with Crippen molar-refractivity contribution in [2.75, 3.05) is 44.2 Å². The number of hydrogen-bond donors (Lipinski definition) is 0. The van der Waals surface area contributed by atoms with Crippen LogP contribution < -0.4 is 9.64 Å². The van der Waals surface area contributed by atoms with Crippen LogP contribution in [0.2, 0.25) is 5.02 Å². The Hall–Kier alpha value is -1.89. The highest BCUT2D eigenvalue weighted by Gasteiger charge is 2.26. The van der Waals surface area contributed by atoms with Gasteiger partial charge in [-0.15, -0.1) is 11.3 Å². The van der Waals surface area contributed by atoms with Crippen LogP contribution in [0.4, 0.5) is 5.82 Å². The molecule has 1 atom stereocenters. The SMILES string of the molecule is C[C@@H]1CCc2c(sc3ncnc(N4CCN(CCOc5ccc(Cl)cc5)CC4)c23)C1. The summed E-state index contributed by atoms with van der Waals surface area (Å²) in [5, 5.41) is 2.06. The van der Waals surface area contributed by atoms with E-state index in [2.05, 4.69) is 21.7 Å². The van der Waals surface area contributed by atoms with E-state index >= 15 is 0 Å². The first-order valence-corrected chi connectivity index (χ1v) is 12.0. The summed E-state index contributed by atoms with van der Waals surface area (Å²) in [4.78, 5) is 16.9. The van der Waals surface area contributed by atoms with Crippen molar-refractivity contribution < 1.29 is 4.74 Å². The van der Waals surface area contributed by atoms with Crippen LogP contribution in [0.5, 0.6) is 5.75 Å². The fourth-order valence-electron chi connectivity index (χ4n) is 4.50. The second kappa shape index (κ2) is 8.69. The van der Waals surface area contributed by atoms with Crippen LogP contribution in [0.25, 0.3) is 10.2 Å². The van der Waals surface area contributed by atoms with Gasteiger partial charge in [-0.1, -0.05) is 18.5 Å². The minimum absolute atomic E-state index is 0.690. The minimum atomic E-state index is 0.690. The van der Waals surface area contributed by atoms with Crippen molar-refractivity contribution in [3.8, 4) is 5.75 Å². The van der Waals surface area contributed by atoms with Gasteiger partial charge in [0.15, 0.2) is 0 Å². The maximum atomic E-state index is 5.93. The lowest BCUT2D eigenvalue weighted by atomic mass is 9.89. The van der Waals surface area contributed by atoms with E-state index in [1.54, 1.807) is 6.33 Å². The first kappa shape index (κ1) is 20.0. The Morgan fingerprint density at radius 2 is 1.93 bits per heavy atom. The number of anilines is 1. The molecule has 1 aliphatic heterocycles. The summed E-state index contributed by atoms with van der Waals surface area (Å²) in [5.41, 5.74) is 1.52. The molecule has 1 saturated heterocycles. The second-order valence-corrected chi connectivity index (χ2v) is 9.88. The standard InChI is InChI=1S/C23H27ClN4OS/c1-16-2-7-19-20(14-16)30-23-21(19)22(25-15-26-23)28-10-8-27(9-11-28)12-13-29-18-5-3-17(24)4-6-18/h3-6,15-16H,2,7-14H2,1H3/t16-/m1/s1. The fraction of sp³-hybridized carbons (Fsp3) is 0.478. The summed E-state index contributed by atoms with van der Waals surface area (Å²) in [7, 11) is 0. The van der Waals surface area contributed by atoms with E-state index in [4.69, 9.17) is 21.3 Å². The van der Waals surface area contributed by atoms with Gasteiger partial charge in [-0.3, -0.25) is 4.90 Å². The van der Waals surface area contributed by atoms with Crippen LogP contribution >= 0.6 is 22.9 Å². The quantitative estimate of drug-likeness (QED) is 0.574. The number of aryl methyl sites for hydroxylation is 1. The highest BCUT2D eigenvalue weighted by atomic mass is 35.5. The molecular formula is C23H27ClN4OS. The van der Waals surface area contributed by atoms with Crippen molar-refractivity contribution >= 4 is 39.0 Å². The highest BCUT2D eigenvalue weighted by Crippen LogP contribution is 2.40. The van der Waals surface area contributed by atoms with Crippen molar-refractivity contribution in [3.05, 3.63) is 46.1 Å². The van der Waals surface area contributed by atoms with Crippen LogP contribution in [0.1, 0.15) is 23.8 Å². The molecule has 0 N–H and O–H groups in total. The molecule has 5 rings (SSSR count). The zero-order valence-electron chi connectivity index (χ0n) is 17.3. The molecule has 0 amide bonds. The molecule has 5 nitrogen and oxygen atoms in total. The lowest BCUT2D eigenvalue weighted by Gasteiger charge is -2.35. The van der Waals surface area contributed by atoms with E-state index in [1.807, 2.05) is 35.6 Å². The molecule has 2 aliphatic rings. The van der Waals surface area contributed by atoms with Gasteiger partial charge in [0.1, 0.15) is 29.3 Å². The van der Waals surface area contributed by atoms with E-state index in [0.29, 0.717) is 6.61 Å². The van der Waals surface area contributed by atoms with Gasteiger partial charge in [0.05, 0.1) is 5.39 Å². The summed E-state index contributed by atoms with van der Waals surface area (Å²) in [6.45, 7) is 8.02. The Labute approximate surface area is 186 Å². The first-order chi connectivity index (χ1) is 14.7. The molecular weight excluding hydrogens is 416 g/mol. The molecule has 0 unspecified atom stereocenters. The van der Waals surface area contributed by atoms with Crippen molar-refractivity contribution in [2.24, 2.45) is 5.92 Å². The van der Waals surface area contributed by atoms with Gasteiger partial charge in [0.25, 0.3) is 0 Å². The van der Waals surface area contributed by atoms with E-state index < -0.39 is 0 Å². The fourth-order valence-corrected chi connectivity index (χ4v) is 5.98. The number of aromatic nitrogens is 2. The highest BCUT2D eigenvalue weighted by molar-refractivity contribution is 7.19. The number of hydrogen-bond acceptors (Lipinski definition) is 6. The number of ether oxygens (including phenoxy) is 1. The van der Waals surface area contributed by atoms with Crippen LogP contribution in [-0.4, -0.2) is 54.2 Å². The third kappa shape index (κ3) is 4.13. The predicted octanol–water partition coefficient (Wildman–Crippen LogP) is 4.67. The van der Waals surface area contributed by atoms with Gasteiger partial charge in [0, 0.05) is 42.6 Å². The molecule has 1 aromatic carbocycles. The number of fused-ring (bicyclic) bond motifs is 3. The minimum Gasteiger partial charge on any atom is -0.492 e. The summed E-state index contributed by atoms with van der Waals surface area (Å²) in [6.07, 6.45) is 5.38. The van der Waals surface area contributed by atoms with Gasteiger partial charge in [-0.2, -0.15) is 0 Å². The predicted molar refractivity (Wildman–Crippen MR) is 124 cm³/mol. The van der Waals surface area contributed by atoms with Crippen LogP contribution in [0.15, 0.2) is 30.6 Å². The molecule has 3 aromatic rings. The normalized spacial score (nSPS) is 19.8. The van der Waals surface area contributed by atoms with Crippen molar-refractivity contribution in [3.63, 3.8) is 0 Å². The third-order valence-corrected chi connectivity index (χ3v) is 7.65. The Morgan fingerprint density at radius 3 is 2.73 bits per heavy atom. The topological polar surface area (TPSA) is 41.5 Å². The molecule has 0 radical (unpaired) electrons. The Morgan fingerprint density at radius 1 is 1.13 bits per heavy atom. The number of halogens is 1. The summed E-state index contributed by atoms with van der Waals surface area (Å²) >= 11 is 7.81. The van der Waals surface area contributed by atoms with Gasteiger partial charge in [0.2, 0.25) is 0 Å². The number of rotatable bonds is 5. The molecule has 3 heterocycles. The zero-order valence-corrected chi connectivity index (χ0v) is 18.9. The maximum absolute atomic E-state index is 5.93. The first-order valence-electron chi connectivity index (χ1n) is 10.8. The van der Waals surface area contributed by atoms with Crippen molar-refractivity contribution in [1.29, 1.82) is 0 Å². The van der Waals surface area contributed by atoms with E-state index in [0.717, 1.165) is 60.1 Å². The number of nitrogens with zero attached hydrogens (tertiary/aromatic N) is 4. The van der Waals surface area contributed by atoms with Crippen LogP contribution in [-0.2, 0) is 12.8 Å². The van der Waals surface area contributed by atoms with Crippen LogP contribution in [0, 0.1) is 5.92 Å². The molecule has 0 spiro atoms. The molecule has 0 bridgehead atoms. The number of thiophene rings is 1.